The second-order valence-corrected chi connectivity index (χ2v) is 6.92. The zero-order valence-corrected chi connectivity index (χ0v) is 8.52. The molecule has 3 nitrogen and oxygen atoms in total. The maximum atomic E-state index is 11.8. The van der Waals surface area contributed by atoms with Crippen LogP contribution in [0.4, 0.5) is 0 Å². The van der Waals surface area contributed by atoms with Gasteiger partial charge in [0.2, 0.25) is 0 Å². The Morgan fingerprint density at radius 3 is 2.17 bits per heavy atom. The third-order valence-corrected chi connectivity index (χ3v) is 5.81. The SMILES string of the molecule is CC(C)(CN)S(=O)(=O)C1CCC1. The van der Waals surface area contributed by atoms with E-state index in [1.807, 2.05) is 0 Å². The topological polar surface area (TPSA) is 60.2 Å². The molecule has 72 valence electrons. The van der Waals surface area contributed by atoms with Crippen molar-refractivity contribution in [1.82, 2.24) is 0 Å². The highest BCUT2D eigenvalue weighted by Gasteiger charge is 2.41. The predicted molar refractivity (Wildman–Crippen MR) is 49.7 cm³/mol. The number of hydrogen-bond acceptors (Lipinski definition) is 3. The van der Waals surface area contributed by atoms with Crippen LogP contribution < -0.4 is 5.73 Å². The van der Waals surface area contributed by atoms with Gasteiger partial charge in [-0.05, 0) is 26.7 Å². The van der Waals surface area contributed by atoms with Gasteiger partial charge in [0.25, 0.3) is 0 Å². The van der Waals surface area contributed by atoms with Crippen LogP contribution in [0.2, 0.25) is 0 Å². The summed E-state index contributed by atoms with van der Waals surface area (Å²) in [7, 11) is -2.98. The third kappa shape index (κ3) is 1.38. The van der Waals surface area contributed by atoms with Gasteiger partial charge in [-0.15, -0.1) is 0 Å². The molecule has 0 amide bonds. The van der Waals surface area contributed by atoms with Gasteiger partial charge in [-0.25, -0.2) is 8.42 Å². The number of nitrogens with two attached hydrogens (primary N) is 1. The van der Waals surface area contributed by atoms with Gasteiger partial charge in [0, 0.05) is 6.54 Å². The van der Waals surface area contributed by atoms with Crippen molar-refractivity contribution in [2.45, 2.75) is 43.1 Å². The molecule has 12 heavy (non-hydrogen) atoms. The van der Waals surface area contributed by atoms with Gasteiger partial charge in [-0.3, -0.25) is 0 Å². The first-order chi connectivity index (χ1) is 5.42. The van der Waals surface area contributed by atoms with E-state index >= 15 is 0 Å². The van der Waals surface area contributed by atoms with Crippen molar-refractivity contribution in [2.75, 3.05) is 6.54 Å². The molecule has 1 aliphatic rings. The minimum atomic E-state index is -2.98. The van der Waals surface area contributed by atoms with Crippen molar-refractivity contribution >= 4 is 9.84 Å². The maximum Gasteiger partial charge on any atom is 0.159 e. The molecule has 0 aromatic rings. The number of sulfone groups is 1. The van der Waals surface area contributed by atoms with Gasteiger partial charge in [-0.1, -0.05) is 6.42 Å². The summed E-state index contributed by atoms with van der Waals surface area (Å²) >= 11 is 0. The highest BCUT2D eigenvalue weighted by Crippen LogP contribution is 2.32. The van der Waals surface area contributed by atoms with Crippen LogP contribution in [0.5, 0.6) is 0 Å². The molecule has 0 aromatic carbocycles. The minimum absolute atomic E-state index is 0.115. The average molecular weight is 191 g/mol. The van der Waals surface area contributed by atoms with Crippen molar-refractivity contribution in [3.63, 3.8) is 0 Å². The van der Waals surface area contributed by atoms with Crippen LogP contribution in [0.1, 0.15) is 33.1 Å². The Morgan fingerprint density at radius 2 is 1.92 bits per heavy atom. The Morgan fingerprint density at radius 1 is 1.42 bits per heavy atom. The van der Waals surface area contributed by atoms with Crippen molar-refractivity contribution < 1.29 is 8.42 Å². The summed E-state index contributed by atoms with van der Waals surface area (Å²) < 4.78 is 22.8. The standard InChI is InChI=1S/C8H17NO2S/c1-8(2,6-9)12(10,11)7-4-3-5-7/h7H,3-6,9H2,1-2H3. The molecule has 0 bridgehead atoms. The van der Waals surface area contributed by atoms with E-state index in [0.29, 0.717) is 0 Å². The van der Waals surface area contributed by atoms with Crippen LogP contribution in [0.3, 0.4) is 0 Å². The Kier molecular flexibility index (Phi) is 2.50. The summed E-state index contributed by atoms with van der Waals surface area (Å²) in [5, 5.41) is -0.115. The maximum absolute atomic E-state index is 11.8. The van der Waals surface area contributed by atoms with Crippen LogP contribution in [0, 0.1) is 0 Å². The van der Waals surface area contributed by atoms with Crippen LogP contribution in [-0.2, 0) is 9.84 Å². The van der Waals surface area contributed by atoms with E-state index in [1.165, 1.54) is 0 Å². The first kappa shape index (κ1) is 9.99. The van der Waals surface area contributed by atoms with Crippen molar-refractivity contribution in [3.8, 4) is 0 Å². The van der Waals surface area contributed by atoms with Gasteiger partial charge < -0.3 is 5.73 Å². The van der Waals surface area contributed by atoms with Crippen LogP contribution in [0.15, 0.2) is 0 Å². The van der Waals surface area contributed by atoms with Crippen molar-refractivity contribution in [3.05, 3.63) is 0 Å². The predicted octanol–water partition coefficient (Wildman–Crippen LogP) is 0.691. The summed E-state index contributed by atoms with van der Waals surface area (Å²) in [5.41, 5.74) is 5.43. The monoisotopic (exact) mass is 191 g/mol. The Bertz CT molecular complexity index is 252. The number of hydrogen-bond donors (Lipinski definition) is 1. The Labute approximate surface area is 74.3 Å². The van der Waals surface area contributed by atoms with E-state index in [9.17, 15) is 8.42 Å². The lowest BCUT2D eigenvalue weighted by molar-refractivity contribution is 0.456. The van der Waals surface area contributed by atoms with Crippen molar-refractivity contribution in [2.24, 2.45) is 5.73 Å². The molecular weight excluding hydrogens is 174 g/mol. The lowest BCUT2D eigenvalue weighted by atomic mass is 10.00. The summed E-state index contributed by atoms with van der Waals surface area (Å²) in [6.45, 7) is 3.63. The molecule has 0 radical (unpaired) electrons. The van der Waals surface area contributed by atoms with Crippen LogP contribution >= 0.6 is 0 Å². The van der Waals surface area contributed by atoms with Gasteiger partial charge in [0.15, 0.2) is 9.84 Å². The molecule has 1 fully saturated rings. The second kappa shape index (κ2) is 3.00. The van der Waals surface area contributed by atoms with Crippen LogP contribution in [0.25, 0.3) is 0 Å². The smallest absolute Gasteiger partial charge is 0.159 e. The molecule has 1 aliphatic carbocycles. The van der Waals surface area contributed by atoms with E-state index in [-0.39, 0.29) is 11.8 Å². The van der Waals surface area contributed by atoms with Crippen LogP contribution in [-0.4, -0.2) is 25.0 Å². The zero-order valence-electron chi connectivity index (χ0n) is 7.71. The molecule has 0 aliphatic heterocycles. The highest BCUT2D eigenvalue weighted by molar-refractivity contribution is 7.93. The summed E-state index contributed by atoms with van der Waals surface area (Å²) in [5.74, 6) is 0. The van der Waals surface area contributed by atoms with E-state index in [4.69, 9.17) is 5.73 Å². The fourth-order valence-corrected chi connectivity index (χ4v) is 3.34. The highest BCUT2D eigenvalue weighted by atomic mass is 32.2. The van der Waals surface area contributed by atoms with Gasteiger partial charge in [-0.2, -0.15) is 0 Å². The van der Waals surface area contributed by atoms with Gasteiger partial charge >= 0.3 is 0 Å². The first-order valence-corrected chi connectivity index (χ1v) is 5.90. The Hall–Kier alpha value is -0.0900. The van der Waals surface area contributed by atoms with E-state index < -0.39 is 14.6 Å². The first-order valence-electron chi connectivity index (χ1n) is 4.35. The molecule has 2 N–H and O–H groups in total. The zero-order chi connectivity index (χ0) is 9.41. The molecular formula is C8H17NO2S. The molecule has 4 heteroatoms. The number of rotatable bonds is 3. The largest absolute Gasteiger partial charge is 0.329 e. The molecule has 0 unspecified atom stereocenters. The van der Waals surface area contributed by atoms with Crippen molar-refractivity contribution in [1.29, 1.82) is 0 Å². The minimum Gasteiger partial charge on any atom is -0.329 e. The van der Waals surface area contributed by atoms with E-state index in [0.717, 1.165) is 19.3 Å². The van der Waals surface area contributed by atoms with E-state index in [1.54, 1.807) is 13.8 Å². The third-order valence-electron chi connectivity index (χ3n) is 2.75. The molecule has 0 aromatic heterocycles. The lowest BCUT2D eigenvalue weighted by Gasteiger charge is -2.33. The molecule has 0 saturated heterocycles. The van der Waals surface area contributed by atoms with Gasteiger partial charge in [0.05, 0.1) is 10.00 Å². The van der Waals surface area contributed by atoms with E-state index in [2.05, 4.69) is 0 Å². The Balaban J connectivity index is 2.84. The lowest BCUT2D eigenvalue weighted by Crippen LogP contribution is -2.47. The second-order valence-electron chi connectivity index (χ2n) is 4.06. The summed E-state index contributed by atoms with van der Waals surface area (Å²) in [4.78, 5) is 0. The normalized spacial score (nSPS) is 20.6. The summed E-state index contributed by atoms with van der Waals surface area (Å²) in [6.07, 6.45) is 2.70. The fourth-order valence-electron chi connectivity index (χ4n) is 1.25. The molecule has 1 saturated carbocycles. The molecule has 0 spiro atoms. The molecule has 0 atom stereocenters. The summed E-state index contributed by atoms with van der Waals surface area (Å²) in [6, 6.07) is 0. The quantitative estimate of drug-likeness (QED) is 0.714. The fraction of sp³-hybridized carbons (Fsp3) is 1.00. The molecule has 0 heterocycles. The molecule has 1 rings (SSSR count). The van der Waals surface area contributed by atoms with Gasteiger partial charge in [0.1, 0.15) is 0 Å². The average Bonchev–Trinajstić information content (AvgIpc) is 1.82.